The second-order valence-corrected chi connectivity index (χ2v) is 5.73. The van der Waals surface area contributed by atoms with E-state index in [1.165, 1.54) is 20.9 Å². The van der Waals surface area contributed by atoms with Gasteiger partial charge < -0.3 is 0 Å². The molecule has 0 aromatic heterocycles. The molecule has 4 rings (SSSR count). The Hall–Kier alpha value is -1.47. The van der Waals surface area contributed by atoms with E-state index in [0.29, 0.717) is 11.8 Å². The Kier molecular flexibility index (Phi) is 1.97. The first-order valence-corrected chi connectivity index (χ1v) is 6.79. The smallest absolute Gasteiger partial charge is 0.0257 e. The van der Waals surface area contributed by atoms with Gasteiger partial charge in [-0.1, -0.05) is 66.4 Å². The van der Waals surface area contributed by atoms with Crippen LogP contribution in [0.1, 0.15) is 5.56 Å². The van der Waals surface area contributed by atoms with Gasteiger partial charge in [-0.25, -0.2) is 0 Å². The third-order valence-corrected chi connectivity index (χ3v) is 4.86. The Balaban J connectivity index is 1.98. The lowest BCUT2D eigenvalue weighted by molar-refractivity contribution is 0.663. The topological polar surface area (TPSA) is 0 Å². The van der Waals surface area contributed by atoms with Gasteiger partial charge in [0.05, 0.1) is 0 Å². The molecule has 0 nitrogen and oxygen atoms in total. The van der Waals surface area contributed by atoms with Gasteiger partial charge in [-0.2, -0.15) is 0 Å². The van der Waals surface area contributed by atoms with E-state index >= 15 is 0 Å². The lowest BCUT2D eigenvalue weighted by atomic mass is 9.76. The van der Waals surface area contributed by atoms with Crippen molar-refractivity contribution in [2.24, 2.45) is 11.8 Å². The second-order valence-electron chi connectivity index (χ2n) is 4.61. The minimum atomic E-state index is 0.552. The zero-order chi connectivity index (χ0) is 11.2. The first-order valence-electron chi connectivity index (χ1n) is 5.97. The highest BCUT2D eigenvalue weighted by Crippen LogP contribution is 2.53. The summed E-state index contributed by atoms with van der Waals surface area (Å²) in [5.74, 6) is 1.11. The van der Waals surface area contributed by atoms with Crippen molar-refractivity contribution in [2.45, 2.75) is 4.90 Å². The van der Waals surface area contributed by atoms with Crippen LogP contribution in [0.3, 0.4) is 0 Å². The average Bonchev–Trinajstić information content (AvgIpc) is 2.39. The van der Waals surface area contributed by atoms with Crippen molar-refractivity contribution in [1.82, 2.24) is 0 Å². The highest BCUT2D eigenvalue weighted by molar-refractivity contribution is 8.03. The van der Waals surface area contributed by atoms with Crippen molar-refractivity contribution >= 4 is 17.3 Å². The summed E-state index contributed by atoms with van der Waals surface area (Å²) in [4.78, 5) is 2.89. The van der Waals surface area contributed by atoms with E-state index in [-0.39, 0.29) is 0 Å². The fraction of sp³-hybridized carbons (Fsp3) is 0.125. The van der Waals surface area contributed by atoms with Gasteiger partial charge in [-0.3, -0.25) is 0 Å². The maximum absolute atomic E-state index is 2.31. The summed E-state index contributed by atoms with van der Waals surface area (Å²) in [5, 5.41) is 0. The van der Waals surface area contributed by atoms with E-state index < -0.39 is 0 Å². The van der Waals surface area contributed by atoms with E-state index in [9.17, 15) is 0 Å². The van der Waals surface area contributed by atoms with Crippen LogP contribution in [-0.2, 0) is 0 Å². The SMILES string of the molecule is C1=CC2C=CC=C3c4ccccc4SC(=C1)C32. The van der Waals surface area contributed by atoms with Crippen molar-refractivity contribution < 1.29 is 0 Å². The predicted molar refractivity (Wildman–Crippen MR) is 73.6 cm³/mol. The van der Waals surface area contributed by atoms with Gasteiger partial charge in [0, 0.05) is 16.7 Å². The fourth-order valence-corrected chi connectivity index (χ4v) is 4.14. The number of allylic oxidation sites excluding steroid dienone is 8. The first kappa shape index (κ1) is 9.55. The molecule has 0 bridgehead atoms. The second kappa shape index (κ2) is 3.51. The van der Waals surface area contributed by atoms with Gasteiger partial charge in [0.25, 0.3) is 0 Å². The summed E-state index contributed by atoms with van der Waals surface area (Å²) >= 11 is 1.93. The minimum Gasteiger partial charge on any atom is -0.0932 e. The van der Waals surface area contributed by atoms with Crippen molar-refractivity contribution in [3.05, 3.63) is 71.2 Å². The first-order chi connectivity index (χ1) is 8.43. The van der Waals surface area contributed by atoms with Gasteiger partial charge in [0.15, 0.2) is 0 Å². The maximum Gasteiger partial charge on any atom is 0.0257 e. The molecule has 1 aromatic rings. The standard InChI is InChI=1S/C16H12S/c1-2-9-14-12(7-1)13-8-3-5-11-6-4-10-15(17-14)16(11)13/h1-11,16H. The lowest BCUT2D eigenvalue weighted by Gasteiger charge is -2.36. The average molecular weight is 236 g/mol. The van der Waals surface area contributed by atoms with Crippen LogP contribution in [0.15, 0.2) is 70.5 Å². The molecule has 1 aromatic carbocycles. The highest BCUT2D eigenvalue weighted by atomic mass is 32.2. The molecular formula is C16H12S. The Morgan fingerprint density at radius 2 is 1.76 bits per heavy atom. The largest absolute Gasteiger partial charge is 0.0932 e. The number of hydrogen-bond acceptors (Lipinski definition) is 1. The quantitative estimate of drug-likeness (QED) is 0.642. The van der Waals surface area contributed by atoms with Crippen LogP contribution in [0.25, 0.3) is 5.57 Å². The minimum absolute atomic E-state index is 0.552. The number of benzene rings is 1. The van der Waals surface area contributed by atoms with Crippen LogP contribution in [0.5, 0.6) is 0 Å². The molecule has 2 atom stereocenters. The number of rotatable bonds is 0. The summed E-state index contributed by atoms with van der Waals surface area (Å²) in [5.41, 5.74) is 2.91. The summed E-state index contributed by atoms with van der Waals surface area (Å²) in [6, 6.07) is 8.74. The summed E-state index contributed by atoms with van der Waals surface area (Å²) in [7, 11) is 0. The third kappa shape index (κ3) is 1.32. The molecule has 1 heteroatoms. The van der Waals surface area contributed by atoms with Crippen LogP contribution in [0.2, 0.25) is 0 Å². The van der Waals surface area contributed by atoms with Crippen LogP contribution < -0.4 is 0 Å². The van der Waals surface area contributed by atoms with Crippen molar-refractivity contribution in [1.29, 1.82) is 0 Å². The molecule has 0 saturated heterocycles. The summed E-state index contributed by atoms with van der Waals surface area (Å²) in [6.45, 7) is 0. The number of thioether (sulfide) groups is 1. The molecule has 2 unspecified atom stereocenters. The summed E-state index contributed by atoms with van der Waals surface area (Å²) < 4.78 is 0. The molecule has 0 saturated carbocycles. The Morgan fingerprint density at radius 1 is 0.941 bits per heavy atom. The van der Waals surface area contributed by atoms with Gasteiger partial charge in [-0.15, -0.1) is 0 Å². The van der Waals surface area contributed by atoms with Crippen molar-refractivity contribution in [3.63, 3.8) is 0 Å². The molecule has 17 heavy (non-hydrogen) atoms. The monoisotopic (exact) mass is 236 g/mol. The van der Waals surface area contributed by atoms with Crippen molar-refractivity contribution in [2.75, 3.05) is 0 Å². The van der Waals surface area contributed by atoms with E-state index in [0.717, 1.165) is 0 Å². The molecular weight excluding hydrogens is 224 g/mol. The maximum atomic E-state index is 2.31. The van der Waals surface area contributed by atoms with E-state index in [2.05, 4.69) is 60.7 Å². The van der Waals surface area contributed by atoms with Gasteiger partial charge in [-0.05, 0) is 22.1 Å². The van der Waals surface area contributed by atoms with E-state index in [1.54, 1.807) is 0 Å². The molecule has 2 aliphatic carbocycles. The Labute approximate surface area is 105 Å². The molecule has 0 N–H and O–H groups in total. The molecule has 0 amide bonds. The molecule has 1 aliphatic heterocycles. The summed E-state index contributed by atoms with van der Waals surface area (Å²) in [6.07, 6.45) is 13.6. The Morgan fingerprint density at radius 3 is 2.71 bits per heavy atom. The molecule has 0 spiro atoms. The number of fused-ring (bicyclic) bond motifs is 2. The molecule has 3 aliphatic rings. The van der Waals surface area contributed by atoms with Crippen LogP contribution in [0.4, 0.5) is 0 Å². The normalized spacial score (nSPS) is 28.0. The fourth-order valence-electron chi connectivity index (χ4n) is 2.89. The van der Waals surface area contributed by atoms with Crippen LogP contribution in [0, 0.1) is 11.8 Å². The van der Waals surface area contributed by atoms with Gasteiger partial charge >= 0.3 is 0 Å². The predicted octanol–water partition coefficient (Wildman–Crippen LogP) is 4.43. The molecule has 0 fully saturated rings. The lowest BCUT2D eigenvalue weighted by Crippen LogP contribution is -2.21. The van der Waals surface area contributed by atoms with E-state index in [4.69, 9.17) is 0 Å². The van der Waals surface area contributed by atoms with E-state index in [1.807, 2.05) is 11.8 Å². The molecule has 82 valence electrons. The molecule has 0 radical (unpaired) electrons. The van der Waals surface area contributed by atoms with Gasteiger partial charge in [0.1, 0.15) is 0 Å². The van der Waals surface area contributed by atoms with Gasteiger partial charge in [0.2, 0.25) is 0 Å². The zero-order valence-corrected chi connectivity index (χ0v) is 10.2. The third-order valence-electron chi connectivity index (χ3n) is 3.66. The zero-order valence-electron chi connectivity index (χ0n) is 9.34. The van der Waals surface area contributed by atoms with Crippen LogP contribution >= 0.6 is 11.8 Å². The molecule has 1 heterocycles. The van der Waals surface area contributed by atoms with Crippen LogP contribution in [-0.4, -0.2) is 0 Å². The highest BCUT2D eigenvalue weighted by Gasteiger charge is 2.34. The van der Waals surface area contributed by atoms with Crippen molar-refractivity contribution in [3.8, 4) is 0 Å². The number of hydrogen-bond donors (Lipinski definition) is 0. The Bertz CT molecular complexity index is 602.